The zero-order valence-electron chi connectivity index (χ0n) is 9.72. The lowest BCUT2D eigenvalue weighted by molar-refractivity contribution is 0.418. The monoisotopic (exact) mass is 255 g/mol. The fraction of sp³-hybridized carbons (Fsp3) is 0. The molecular formula is C12H9N5O2. The molecule has 2 aromatic heterocycles. The van der Waals surface area contributed by atoms with Crippen molar-refractivity contribution in [3.8, 4) is 23.3 Å². The minimum Gasteiger partial charge on any atom is -0.439 e. The van der Waals surface area contributed by atoms with Crippen molar-refractivity contribution in [1.29, 1.82) is 0 Å². The second-order valence-electron chi connectivity index (χ2n) is 3.64. The predicted molar refractivity (Wildman–Crippen MR) is 66.3 cm³/mol. The Bertz CT molecular complexity index is 667. The number of nitrogens with zero attached hydrogens (tertiary/aromatic N) is 4. The smallest absolute Gasteiger partial charge is 0.240 e. The molecule has 1 aromatic carbocycles. The molecule has 2 N–H and O–H groups in total. The van der Waals surface area contributed by atoms with E-state index in [0.717, 1.165) is 0 Å². The number of nitrogens with two attached hydrogens (primary N) is 1. The summed E-state index contributed by atoms with van der Waals surface area (Å²) in [4.78, 5) is 12.1. The van der Waals surface area contributed by atoms with Crippen molar-refractivity contribution < 1.29 is 9.26 Å². The molecule has 7 nitrogen and oxygen atoms in total. The van der Waals surface area contributed by atoms with Gasteiger partial charge in [0.25, 0.3) is 0 Å². The van der Waals surface area contributed by atoms with Crippen LogP contribution in [-0.2, 0) is 0 Å². The van der Waals surface area contributed by atoms with Gasteiger partial charge in [-0.25, -0.2) is 4.98 Å². The fourth-order valence-electron chi connectivity index (χ4n) is 1.43. The highest BCUT2D eigenvalue weighted by Gasteiger charge is 2.08. The SMILES string of the molecule is Nc1ccc(Oc2ccnc(-c3ncon3)n2)cc1. The van der Waals surface area contributed by atoms with E-state index in [2.05, 4.69) is 24.6 Å². The van der Waals surface area contributed by atoms with Crippen LogP contribution in [0.15, 0.2) is 47.4 Å². The van der Waals surface area contributed by atoms with E-state index < -0.39 is 0 Å². The molecule has 0 unspecified atom stereocenters. The predicted octanol–water partition coefficient (Wildman–Crippen LogP) is 1.90. The van der Waals surface area contributed by atoms with E-state index >= 15 is 0 Å². The van der Waals surface area contributed by atoms with E-state index in [1.165, 1.54) is 6.39 Å². The molecule has 0 bridgehead atoms. The molecule has 0 saturated heterocycles. The molecule has 0 aliphatic carbocycles. The molecule has 0 aliphatic heterocycles. The molecule has 0 spiro atoms. The first-order chi connectivity index (χ1) is 9.31. The minimum atomic E-state index is 0.308. The first-order valence-electron chi connectivity index (χ1n) is 5.44. The lowest BCUT2D eigenvalue weighted by Gasteiger charge is -2.04. The summed E-state index contributed by atoms with van der Waals surface area (Å²) < 4.78 is 10.2. The molecule has 0 fully saturated rings. The first kappa shape index (κ1) is 11.1. The van der Waals surface area contributed by atoms with E-state index in [4.69, 9.17) is 10.5 Å². The van der Waals surface area contributed by atoms with Crippen molar-refractivity contribution >= 4 is 5.69 Å². The Morgan fingerprint density at radius 2 is 1.84 bits per heavy atom. The van der Waals surface area contributed by atoms with Crippen molar-refractivity contribution in [3.05, 3.63) is 42.9 Å². The Labute approximate surface area is 108 Å². The number of anilines is 1. The summed E-state index contributed by atoms with van der Waals surface area (Å²) in [7, 11) is 0. The van der Waals surface area contributed by atoms with Crippen LogP contribution in [0, 0.1) is 0 Å². The van der Waals surface area contributed by atoms with Crippen LogP contribution in [0.5, 0.6) is 11.6 Å². The molecule has 0 atom stereocenters. The summed E-state index contributed by atoms with van der Waals surface area (Å²) in [6.07, 6.45) is 2.78. The molecule has 3 aromatic rings. The van der Waals surface area contributed by atoms with Crippen molar-refractivity contribution in [2.45, 2.75) is 0 Å². The highest BCUT2D eigenvalue weighted by molar-refractivity contribution is 5.44. The van der Waals surface area contributed by atoms with E-state index in [-0.39, 0.29) is 0 Å². The molecule has 0 amide bonds. The van der Waals surface area contributed by atoms with Gasteiger partial charge in [-0.2, -0.15) is 9.97 Å². The van der Waals surface area contributed by atoms with E-state index in [0.29, 0.717) is 29.0 Å². The molecule has 0 saturated carbocycles. The number of benzene rings is 1. The summed E-state index contributed by atoms with van der Waals surface area (Å²) in [6, 6.07) is 8.64. The van der Waals surface area contributed by atoms with Crippen molar-refractivity contribution in [1.82, 2.24) is 20.1 Å². The molecule has 0 aliphatic rings. The van der Waals surface area contributed by atoms with E-state index in [1.54, 1.807) is 36.5 Å². The molecule has 3 rings (SSSR count). The van der Waals surface area contributed by atoms with E-state index in [9.17, 15) is 0 Å². The van der Waals surface area contributed by atoms with Gasteiger partial charge >= 0.3 is 0 Å². The van der Waals surface area contributed by atoms with Crippen LogP contribution in [0.2, 0.25) is 0 Å². The van der Waals surface area contributed by atoms with Crippen LogP contribution < -0.4 is 10.5 Å². The first-order valence-corrected chi connectivity index (χ1v) is 5.44. The Morgan fingerprint density at radius 3 is 2.58 bits per heavy atom. The zero-order chi connectivity index (χ0) is 13.1. The fourth-order valence-corrected chi connectivity index (χ4v) is 1.43. The van der Waals surface area contributed by atoms with Gasteiger partial charge < -0.3 is 15.0 Å². The average Bonchev–Trinajstić information content (AvgIpc) is 2.96. The Balaban J connectivity index is 1.85. The van der Waals surface area contributed by atoms with Crippen LogP contribution in [-0.4, -0.2) is 20.1 Å². The normalized spacial score (nSPS) is 10.3. The number of nitrogen functional groups attached to an aromatic ring is 1. The maximum absolute atomic E-state index is 5.60. The van der Waals surface area contributed by atoms with E-state index in [1.807, 2.05) is 0 Å². The third-order valence-electron chi connectivity index (χ3n) is 2.29. The molecular weight excluding hydrogens is 246 g/mol. The number of hydrogen-bond acceptors (Lipinski definition) is 7. The highest BCUT2D eigenvalue weighted by Crippen LogP contribution is 2.21. The van der Waals surface area contributed by atoms with Gasteiger partial charge in [-0.15, -0.1) is 0 Å². The number of aromatic nitrogens is 4. The summed E-state index contributed by atoms with van der Waals surface area (Å²) in [5.74, 6) is 1.66. The molecule has 19 heavy (non-hydrogen) atoms. The van der Waals surface area contributed by atoms with Gasteiger partial charge in [-0.3, -0.25) is 0 Å². The Kier molecular flexibility index (Phi) is 2.77. The quantitative estimate of drug-likeness (QED) is 0.713. The standard InChI is InChI=1S/C12H9N5O2/c13-8-1-3-9(4-2-8)19-10-5-6-14-11(16-10)12-15-7-18-17-12/h1-7H,13H2. The second-order valence-corrected chi connectivity index (χ2v) is 3.64. The van der Waals surface area contributed by atoms with Gasteiger partial charge in [0.2, 0.25) is 23.9 Å². The summed E-state index contributed by atoms with van der Waals surface area (Å²) in [5, 5.41) is 3.66. The van der Waals surface area contributed by atoms with Crippen molar-refractivity contribution in [2.75, 3.05) is 5.73 Å². The van der Waals surface area contributed by atoms with Gasteiger partial charge in [0.1, 0.15) is 5.75 Å². The largest absolute Gasteiger partial charge is 0.439 e. The number of ether oxygens (including phenoxy) is 1. The van der Waals surface area contributed by atoms with Gasteiger partial charge in [-0.1, -0.05) is 5.16 Å². The number of hydrogen-bond donors (Lipinski definition) is 1. The van der Waals surface area contributed by atoms with Crippen LogP contribution in [0.25, 0.3) is 11.6 Å². The Morgan fingerprint density at radius 1 is 1.00 bits per heavy atom. The summed E-state index contributed by atoms with van der Waals surface area (Å²) in [5.41, 5.74) is 6.27. The molecule has 2 heterocycles. The van der Waals surface area contributed by atoms with Gasteiger partial charge in [0.15, 0.2) is 0 Å². The second kappa shape index (κ2) is 4.73. The average molecular weight is 255 g/mol. The van der Waals surface area contributed by atoms with Crippen molar-refractivity contribution in [2.24, 2.45) is 0 Å². The van der Waals surface area contributed by atoms with Crippen LogP contribution >= 0.6 is 0 Å². The third kappa shape index (κ3) is 2.49. The topological polar surface area (TPSA) is 100.0 Å². The molecule has 0 radical (unpaired) electrons. The van der Waals surface area contributed by atoms with Crippen LogP contribution in [0.3, 0.4) is 0 Å². The summed E-state index contributed by atoms with van der Waals surface area (Å²) in [6.45, 7) is 0. The lowest BCUT2D eigenvalue weighted by atomic mass is 10.3. The number of rotatable bonds is 3. The minimum absolute atomic E-state index is 0.308. The zero-order valence-corrected chi connectivity index (χ0v) is 9.72. The van der Waals surface area contributed by atoms with Crippen LogP contribution in [0.4, 0.5) is 5.69 Å². The Hall–Kier alpha value is -2.96. The van der Waals surface area contributed by atoms with Gasteiger partial charge in [-0.05, 0) is 24.3 Å². The van der Waals surface area contributed by atoms with Crippen LogP contribution in [0.1, 0.15) is 0 Å². The highest BCUT2D eigenvalue weighted by atomic mass is 16.5. The summed E-state index contributed by atoms with van der Waals surface area (Å²) >= 11 is 0. The van der Waals surface area contributed by atoms with Gasteiger partial charge in [0.05, 0.1) is 0 Å². The maximum Gasteiger partial charge on any atom is 0.240 e. The molecule has 94 valence electrons. The molecule has 7 heteroatoms. The van der Waals surface area contributed by atoms with Crippen molar-refractivity contribution in [3.63, 3.8) is 0 Å². The lowest BCUT2D eigenvalue weighted by Crippen LogP contribution is -1.94. The van der Waals surface area contributed by atoms with Gasteiger partial charge in [0, 0.05) is 18.0 Å². The maximum atomic E-state index is 5.60. The third-order valence-corrected chi connectivity index (χ3v) is 2.29.